The number of morpholine rings is 1. The summed E-state index contributed by atoms with van der Waals surface area (Å²) in [6.07, 6.45) is 1.68. The molecule has 1 aliphatic heterocycles. The van der Waals surface area contributed by atoms with Gasteiger partial charge in [0.05, 0.1) is 26.0 Å². The van der Waals surface area contributed by atoms with Crippen LogP contribution in [-0.2, 0) is 9.53 Å². The Morgan fingerprint density at radius 1 is 1.32 bits per heavy atom. The first kappa shape index (κ1) is 16.6. The van der Waals surface area contributed by atoms with Gasteiger partial charge in [-0.1, -0.05) is 13.8 Å². The Kier molecular flexibility index (Phi) is 6.07. The lowest BCUT2D eigenvalue weighted by Crippen LogP contribution is -2.36. The second kappa shape index (κ2) is 8.03. The van der Waals surface area contributed by atoms with Crippen molar-refractivity contribution in [3.05, 3.63) is 18.2 Å². The van der Waals surface area contributed by atoms with Crippen molar-refractivity contribution < 1.29 is 14.3 Å². The van der Waals surface area contributed by atoms with Gasteiger partial charge in [0.1, 0.15) is 5.75 Å². The van der Waals surface area contributed by atoms with Crippen LogP contribution in [0.3, 0.4) is 0 Å². The van der Waals surface area contributed by atoms with Crippen molar-refractivity contribution in [3.63, 3.8) is 0 Å². The number of nitrogens with one attached hydrogen (secondary N) is 1. The van der Waals surface area contributed by atoms with Gasteiger partial charge in [-0.25, -0.2) is 0 Å². The number of hydrogen-bond donors (Lipinski definition) is 1. The van der Waals surface area contributed by atoms with Crippen LogP contribution in [0.1, 0.15) is 26.7 Å². The van der Waals surface area contributed by atoms with Crippen LogP contribution in [0.25, 0.3) is 0 Å². The van der Waals surface area contributed by atoms with Crippen LogP contribution in [0, 0.1) is 5.92 Å². The summed E-state index contributed by atoms with van der Waals surface area (Å²) >= 11 is 0. The third-order valence-corrected chi connectivity index (χ3v) is 4.17. The van der Waals surface area contributed by atoms with E-state index in [1.807, 2.05) is 32.0 Å². The Balaban J connectivity index is 2.18. The molecule has 22 heavy (non-hydrogen) atoms. The van der Waals surface area contributed by atoms with Crippen molar-refractivity contribution in [1.29, 1.82) is 0 Å². The van der Waals surface area contributed by atoms with Gasteiger partial charge < -0.3 is 19.7 Å². The smallest absolute Gasteiger partial charge is 0.227 e. The number of methoxy groups -OCH3 is 1. The fourth-order valence-corrected chi connectivity index (χ4v) is 2.71. The van der Waals surface area contributed by atoms with Crippen LogP contribution >= 0.6 is 0 Å². The topological polar surface area (TPSA) is 50.8 Å². The molecule has 1 amide bonds. The van der Waals surface area contributed by atoms with Crippen LogP contribution in [0.2, 0.25) is 0 Å². The maximum atomic E-state index is 12.3. The van der Waals surface area contributed by atoms with Crippen LogP contribution in [-0.4, -0.2) is 39.3 Å². The molecule has 1 aromatic carbocycles. The van der Waals surface area contributed by atoms with Gasteiger partial charge in [0.15, 0.2) is 0 Å². The minimum absolute atomic E-state index is 0.0387. The van der Waals surface area contributed by atoms with Crippen molar-refractivity contribution in [2.24, 2.45) is 5.92 Å². The summed E-state index contributed by atoms with van der Waals surface area (Å²) in [6, 6.07) is 5.93. The number of ether oxygens (including phenoxy) is 2. The van der Waals surface area contributed by atoms with E-state index in [-0.39, 0.29) is 11.8 Å². The van der Waals surface area contributed by atoms with E-state index in [4.69, 9.17) is 9.47 Å². The molecule has 5 heteroatoms. The highest BCUT2D eigenvalue weighted by Gasteiger charge is 2.18. The zero-order valence-corrected chi connectivity index (χ0v) is 13.7. The highest BCUT2D eigenvalue weighted by molar-refractivity contribution is 5.94. The number of nitrogens with zero attached hydrogens (tertiary/aromatic N) is 1. The molecule has 0 saturated carbocycles. The van der Waals surface area contributed by atoms with Gasteiger partial charge in [-0.05, 0) is 31.0 Å². The van der Waals surface area contributed by atoms with Crippen molar-refractivity contribution in [2.75, 3.05) is 43.6 Å². The Hall–Kier alpha value is -1.75. The monoisotopic (exact) mass is 306 g/mol. The van der Waals surface area contributed by atoms with Crippen molar-refractivity contribution >= 4 is 17.3 Å². The molecular formula is C17H26N2O3. The number of anilines is 2. The molecule has 1 N–H and O–H groups in total. The first-order valence-electron chi connectivity index (χ1n) is 8.01. The molecule has 0 atom stereocenters. The lowest BCUT2D eigenvalue weighted by atomic mass is 10.0. The minimum atomic E-state index is 0.0387. The number of benzene rings is 1. The third kappa shape index (κ3) is 3.91. The van der Waals surface area contributed by atoms with E-state index in [9.17, 15) is 4.79 Å². The molecular weight excluding hydrogens is 280 g/mol. The van der Waals surface area contributed by atoms with Gasteiger partial charge in [0, 0.05) is 24.7 Å². The summed E-state index contributed by atoms with van der Waals surface area (Å²) in [5.74, 6) is 0.787. The van der Waals surface area contributed by atoms with E-state index in [0.717, 1.165) is 50.5 Å². The molecule has 5 nitrogen and oxygen atoms in total. The van der Waals surface area contributed by atoms with Gasteiger partial charge >= 0.3 is 0 Å². The highest BCUT2D eigenvalue weighted by Crippen LogP contribution is 2.30. The molecule has 0 aromatic heterocycles. The molecule has 1 aromatic rings. The van der Waals surface area contributed by atoms with Gasteiger partial charge in [-0.2, -0.15) is 0 Å². The fraction of sp³-hybridized carbons (Fsp3) is 0.588. The number of amides is 1. The van der Waals surface area contributed by atoms with E-state index in [2.05, 4.69) is 10.2 Å². The summed E-state index contributed by atoms with van der Waals surface area (Å²) in [5.41, 5.74) is 1.83. The quantitative estimate of drug-likeness (QED) is 0.878. The normalized spacial score (nSPS) is 15.0. The Morgan fingerprint density at radius 2 is 2.00 bits per heavy atom. The molecule has 1 aliphatic rings. The van der Waals surface area contributed by atoms with Gasteiger partial charge in [0.25, 0.3) is 0 Å². The van der Waals surface area contributed by atoms with E-state index in [1.165, 1.54) is 0 Å². The summed E-state index contributed by atoms with van der Waals surface area (Å²) in [4.78, 5) is 14.6. The molecule has 1 fully saturated rings. The van der Waals surface area contributed by atoms with Gasteiger partial charge in [-0.3, -0.25) is 4.79 Å². The Bertz CT molecular complexity index is 495. The van der Waals surface area contributed by atoms with Crippen molar-refractivity contribution in [3.8, 4) is 5.75 Å². The summed E-state index contributed by atoms with van der Waals surface area (Å²) in [5, 5.41) is 3.02. The van der Waals surface area contributed by atoms with E-state index < -0.39 is 0 Å². The SMILES string of the molecule is CCC(CC)C(=O)Nc1cc(N2CCOCC2)ccc1OC. The number of carbonyl (C=O) groups excluding carboxylic acids is 1. The second-order valence-corrected chi connectivity index (χ2v) is 5.49. The third-order valence-electron chi connectivity index (χ3n) is 4.17. The molecule has 0 unspecified atom stereocenters. The number of carbonyl (C=O) groups is 1. The molecule has 1 saturated heterocycles. The summed E-state index contributed by atoms with van der Waals surface area (Å²) in [7, 11) is 1.62. The fourth-order valence-electron chi connectivity index (χ4n) is 2.71. The van der Waals surface area contributed by atoms with E-state index in [1.54, 1.807) is 7.11 Å². The standard InChI is InChI=1S/C17H26N2O3/c1-4-13(5-2)17(20)18-15-12-14(6-7-16(15)21-3)19-8-10-22-11-9-19/h6-7,12-13H,4-5,8-11H2,1-3H3,(H,18,20). The van der Waals surface area contributed by atoms with Gasteiger partial charge in [-0.15, -0.1) is 0 Å². The van der Waals surface area contributed by atoms with Gasteiger partial charge in [0.2, 0.25) is 5.91 Å². The highest BCUT2D eigenvalue weighted by atomic mass is 16.5. The first-order chi connectivity index (χ1) is 10.7. The number of rotatable bonds is 6. The second-order valence-electron chi connectivity index (χ2n) is 5.49. The molecule has 1 heterocycles. The lowest BCUT2D eigenvalue weighted by Gasteiger charge is -2.29. The zero-order valence-electron chi connectivity index (χ0n) is 13.7. The van der Waals surface area contributed by atoms with E-state index in [0.29, 0.717) is 5.75 Å². The molecule has 2 rings (SSSR count). The molecule has 122 valence electrons. The van der Waals surface area contributed by atoms with Crippen LogP contribution in [0.4, 0.5) is 11.4 Å². The van der Waals surface area contributed by atoms with Crippen molar-refractivity contribution in [2.45, 2.75) is 26.7 Å². The average Bonchev–Trinajstić information content (AvgIpc) is 2.56. The van der Waals surface area contributed by atoms with E-state index >= 15 is 0 Å². The zero-order chi connectivity index (χ0) is 15.9. The molecule has 0 bridgehead atoms. The molecule has 0 spiro atoms. The Morgan fingerprint density at radius 3 is 2.59 bits per heavy atom. The molecule has 0 radical (unpaired) electrons. The summed E-state index contributed by atoms with van der Waals surface area (Å²) in [6.45, 7) is 7.28. The predicted octanol–water partition coefficient (Wildman–Crippen LogP) is 2.91. The van der Waals surface area contributed by atoms with Crippen LogP contribution in [0.5, 0.6) is 5.75 Å². The number of hydrogen-bond acceptors (Lipinski definition) is 4. The van der Waals surface area contributed by atoms with Crippen LogP contribution in [0.15, 0.2) is 18.2 Å². The Labute approximate surface area is 132 Å². The average molecular weight is 306 g/mol. The minimum Gasteiger partial charge on any atom is -0.495 e. The lowest BCUT2D eigenvalue weighted by molar-refractivity contribution is -0.120. The maximum Gasteiger partial charge on any atom is 0.227 e. The van der Waals surface area contributed by atoms with Crippen LogP contribution < -0.4 is 15.0 Å². The predicted molar refractivity (Wildman–Crippen MR) is 88.7 cm³/mol. The first-order valence-corrected chi connectivity index (χ1v) is 8.01. The maximum absolute atomic E-state index is 12.3. The largest absolute Gasteiger partial charge is 0.495 e. The van der Waals surface area contributed by atoms with Crippen molar-refractivity contribution in [1.82, 2.24) is 0 Å². The molecule has 0 aliphatic carbocycles. The summed E-state index contributed by atoms with van der Waals surface area (Å²) < 4.78 is 10.8.